The SMILES string of the molecule is CCCCCCCCCCCCCCCCCCNC(=O)CN(CCN(CC(=O)[O-])CC(=O)[O-])CCN(CC(=O)[O-])CC(=O)[O-].[Gd+3].[Na+]. The summed E-state index contributed by atoms with van der Waals surface area (Å²) in [6.07, 6.45) is 20.0. The molecular formula is C32H56GdN4NaO9. The first kappa shape index (κ1) is 50.9. The van der Waals surface area contributed by atoms with E-state index in [1.54, 1.807) is 4.90 Å². The Morgan fingerprint density at radius 3 is 1.02 bits per heavy atom. The average molecular weight is 821 g/mol. The van der Waals surface area contributed by atoms with Crippen LogP contribution in [0, 0.1) is 39.9 Å². The molecule has 0 unspecified atom stereocenters. The van der Waals surface area contributed by atoms with Crippen molar-refractivity contribution in [1.82, 2.24) is 20.0 Å². The van der Waals surface area contributed by atoms with Gasteiger partial charge in [-0.05, 0) is 6.42 Å². The van der Waals surface area contributed by atoms with E-state index in [0.29, 0.717) is 6.54 Å². The van der Waals surface area contributed by atoms with Crippen molar-refractivity contribution in [3.05, 3.63) is 0 Å². The van der Waals surface area contributed by atoms with E-state index in [1.807, 2.05) is 0 Å². The molecule has 15 heteroatoms. The van der Waals surface area contributed by atoms with Crippen molar-refractivity contribution in [2.45, 2.75) is 110 Å². The molecule has 0 aromatic heterocycles. The Morgan fingerprint density at radius 1 is 0.447 bits per heavy atom. The molecule has 0 saturated heterocycles. The summed E-state index contributed by atoms with van der Waals surface area (Å²) in [4.78, 5) is 60.3. The Bertz CT molecular complexity index is 770. The predicted molar refractivity (Wildman–Crippen MR) is 162 cm³/mol. The van der Waals surface area contributed by atoms with Crippen molar-refractivity contribution in [3.63, 3.8) is 0 Å². The van der Waals surface area contributed by atoms with Gasteiger partial charge in [0.2, 0.25) is 5.91 Å². The molecule has 0 heterocycles. The van der Waals surface area contributed by atoms with Crippen LogP contribution in [0.1, 0.15) is 110 Å². The van der Waals surface area contributed by atoms with Gasteiger partial charge in [-0.1, -0.05) is 103 Å². The third kappa shape index (κ3) is 36.7. The number of hydrogen-bond donors (Lipinski definition) is 1. The van der Waals surface area contributed by atoms with Crippen molar-refractivity contribution in [1.29, 1.82) is 0 Å². The van der Waals surface area contributed by atoms with Gasteiger partial charge in [0, 0.05) is 58.9 Å². The number of rotatable bonds is 33. The molecule has 0 spiro atoms. The Balaban J connectivity index is -0.00000968. The molecule has 1 radical (unpaired) electrons. The summed E-state index contributed by atoms with van der Waals surface area (Å²) in [5.74, 6) is -6.22. The second-order valence-electron chi connectivity index (χ2n) is 11.8. The Kier molecular flexibility index (Phi) is 38.3. The smallest absolute Gasteiger partial charge is 0.549 e. The maximum Gasteiger partial charge on any atom is 3.00 e. The maximum absolute atomic E-state index is 12.6. The fourth-order valence-corrected chi connectivity index (χ4v) is 5.15. The summed E-state index contributed by atoms with van der Waals surface area (Å²) < 4.78 is 0. The van der Waals surface area contributed by atoms with E-state index in [-0.39, 0.29) is 108 Å². The summed E-state index contributed by atoms with van der Waals surface area (Å²) in [5.41, 5.74) is 0. The molecule has 0 rings (SSSR count). The first-order valence-corrected chi connectivity index (χ1v) is 16.8. The number of hydrogen-bond acceptors (Lipinski definition) is 12. The second kappa shape index (κ2) is 35.4. The first-order chi connectivity index (χ1) is 21.5. The largest absolute Gasteiger partial charge is 3.00 e. The average Bonchev–Trinajstić information content (AvgIpc) is 2.94. The van der Waals surface area contributed by atoms with E-state index in [2.05, 4.69) is 12.2 Å². The summed E-state index contributed by atoms with van der Waals surface area (Å²) in [6, 6.07) is 0. The predicted octanol–water partition coefficient (Wildman–Crippen LogP) is -4.73. The van der Waals surface area contributed by atoms with Gasteiger partial charge in [0.05, 0.1) is 30.4 Å². The second-order valence-corrected chi connectivity index (χ2v) is 11.8. The maximum atomic E-state index is 12.6. The fourth-order valence-electron chi connectivity index (χ4n) is 5.15. The summed E-state index contributed by atoms with van der Waals surface area (Å²) in [6.45, 7) is -0.0549. The number of aliphatic carboxylic acids is 4. The molecule has 1 N–H and O–H groups in total. The van der Waals surface area contributed by atoms with E-state index in [1.165, 1.54) is 83.5 Å². The van der Waals surface area contributed by atoms with E-state index < -0.39 is 50.1 Å². The molecule has 0 bridgehead atoms. The number of carboxylic acid groups (broad SMARTS) is 4. The van der Waals surface area contributed by atoms with Crippen LogP contribution >= 0.6 is 0 Å². The van der Waals surface area contributed by atoms with Crippen molar-refractivity contribution < 1.29 is 114 Å². The summed E-state index contributed by atoms with van der Waals surface area (Å²) >= 11 is 0. The standard InChI is InChI=1S/C32H60N4O9.Gd.Na/c1-2-3-4-5-6-7-8-9-10-11-12-13-14-15-16-17-18-33-28(37)23-34(19-21-35(24-29(38)39)25-30(40)41)20-22-36(26-31(42)43)27-32(44)45;;/h2-27H2,1H3,(H,33,37)(H,38,39)(H,40,41)(H,42,43)(H,44,45);;/q;+3;+1/p-4. The van der Waals surface area contributed by atoms with Gasteiger partial charge in [0.1, 0.15) is 0 Å². The van der Waals surface area contributed by atoms with Gasteiger partial charge < -0.3 is 44.9 Å². The van der Waals surface area contributed by atoms with E-state index in [4.69, 9.17) is 0 Å². The molecule has 0 aliphatic carbocycles. The minimum atomic E-state index is -1.48. The summed E-state index contributed by atoms with van der Waals surface area (Å²) in [5, 5.41) is 46.8. The fraction of sp³-hybridized carbons (Fsp3) is 0.844. The van der Waals surface area contributed by atoms with Crippen molar-refractivity contribution in [2.75, 3.05) is 65.4 Å². The van der Waals surface area contributed by atoms with Gasteiger partial charge in [-0.3, -0.25) is 19.5 Å². The molecule has 0 aliphatic heterocycles. The van der Waals surface area contributed by atoms with E-state index in [9.17, 15) is 44.4 Å². The number of carbonyl (C=O) groups excluding carboxylic acids is 5. The number of nitrogens with one attached hydrogen (secondary N) is 1. The van der Waals surface area contributed by atoms with Crippen LogP contribution in [-0.2, 0) is 24.0 Å². The molecular weight excluding hydrogens is 765 g/mol. The van der Waals surface area contributed by atoms with Crippen LogP contribution in [0.15, 0.2) is 0 Å². The minimum Gasteiger partial charge on any atom is -0.549 e. The molecule has 13 nitrogen and oxygen atoms in total. The Hall–Kier alpha value is -0.445. The molecule has 0 saturated carbocycles. The van der Waals surface area contributed by atoms with E-state index in [0.717, 1.165) is 29.1 Å². The van der Waals surface area contributed by atoms with Gasteiger partial charge in [0.15, 0.2) is 0 Å². The van der Waals surface area contributed by atoms with Crippen LogP contribution in [0.2, 0.25) is 0 Å². The molecule has 0 atom stereocenters. The number of nitrogens with zero attached hydrogens (tertiary/aromatic N) is 3. The molecule has 1 amide bonds. The normalized spacial score (nSPS) is 10.9. The van der Waals surface area contributed by atoms with Crippen LogP contribution in [0.4, 0.5) is 0 Å². The van der Waals surface area contributed by atoms with Crippen molar-refractivity contribution in [3.8, 4) is 0 Å². The monoisotopic (exact) mass is 821 g/mol. The Morgan fingerprint density at radius 2 is 0.723 bits per heavy atom. The number of carboxylic acids is 4. The van der Waals surface area contributed by atoms with Gasteiger partial charge in [-0.2, -0.15) is 0 Å². The van der Waals surface area contributed by atoms with Gasteiger partial charge in [0.25, 0.3) is 0 Å². The zero-order valence-corrected chi connectivity index (χ0v) is 33.0. The number of amides is 1. The molecule has 0 aromatic rings. The molecule has 0 fully saturated rings. The van der Waals surface area contributed by atoms with Gasteiger partial charge >= 0.3 is 69.5 Å². The van der Waals surface area contributed by atoms with E-state index >= 15 is 0 Å². The van der Waals surface area contributed by atoms with Crippen LogP contribution in [-0.4, -0.2) is 110 Å². The molecule has 0 aliphatic rings. The number of unbranched alkanes of at least 4 members (excludes halogenated alkanes) is 15. The number of carbonyl (C=O) groups is 5. The van der Waals surface area contributed by atoms with Crippen LogP contribution in [0.25, 0.3) is 0 Å². The summed E-state index contributed by atoms with van der Waals surface area (Å²) in [7, 11) is 0. The quantitative estimate of drug-likeness (QED) is 0.0491. The van der Waals surface area contributed by atoms with Crippen LogP contribution in [0.3, 0.4) is 0 Å². The molecule has 0 aromatic carbocycles. The zero-order chi connectivity index (χ0) is 33.7. The van der Waals surface area contributed by atoms with Gasteiger partial charge in [-0.25, -0.2) is 0 Å². The topological polar surface area (TPSA) is 199 Å². The molecule has 267 valence electrons. The molecule has 47 heavy (non-hydrogen) atoms. The third-order valence-corrected chi connectivity index (χ3v) is 7.60. The van der Waals surface area contributed by atoms with Gasteiger partial charge in [-0.15, -0.1) is 0 Å². The van der Waals surface area contributed by atoms with Crippen molar-refractivity contribution >= 4 is 29.8 Å². The Labute approximate surface area is 335 Å². The van der Waals surface area contributed by atoms with Crippen molar-refractivity contribution in [2.24, 2.45) is 0 Å². The zero-order valence-electron chi connectivity index (χ0n) is 28.8. The third-order valence-electron chi connectivity index (χ3n) is 7.60. The first-order valence-electron chi connectivity index (χ1n) is 16.8. The van der Waals surface area contributed by atoms with Crippen LogP contribution in [0.5, 0.6) is 0 Å². The van der Waals surface area contributed by atoms with Crippen LogP contribution < -0.4 is 55.3 Å². The minimum absolute atomic E-state index is 0.